The van der Waals surface area contributed by atoms with Crippen LogP contribution in [0, 0.1) is 13.8 Å². The molecule has 0 saturated heterocycles. The van der Waals surface area contributed by atoms with E-state index >= 15 is 0 Å². The number of fused-ring (bicyclic) bond motifs is 1. The van der Waals surface area contributed by atoms with Crippen molar-refractivity contribution in [2.75, 3.05) is 19.8 Å². The summed E-state index contributed by atoms with van der Waals surface area (Å²) in [6.45, 7) is 7.39. The Balaban J connectivity index is 1.61. The summed E-state index contributed by atoms with van der Waals surface area (Å²) < 4.78 is 13.0. The number of aliphatic hydroxyl groups is 1. The number of rotatable bonds is 6. The molecular weight excluding hydrogens is 294 g/mol. The van der Waals surface area contributed by atoms with Crippen molar-refractivity contribution in [3.63, 3.8) is 0 Å². The monoisotopic (exact) mass is 317 g/mol. The summed E-state index contributed by atoms with van der Waals surface area (Å²) in [5, 5.41) is 17.0. The average Bonchev–Trinajstić information content (AvgIpc) is 2.82. The number of aryl methyl sites for hydroxylation is 1. The van der Waals surface area contributed by atoms with Gasteiger partial charge in [-0.1, -0.05) is 6.07 Å². The average molecular weight is 317 g/mol. The first-order valence-electron chi connectivity index (χ1n) is 7.92. The van der Waals surface area contributed by atoms with Crippen LogP contribution in [0.5, 0.6) is 11.5 Å². The number of nitrogens with zero attached hydrogens (tertiary/aromatic N) is 2. The molecule has 2 heterocycles. The number of aromatic nitrogens is 2. The summed E-state index contributed by atoms with van der Waals surface area (Å²) in [5.41, 5.74) is 4.46. The van der Waals surface area contributed by atoms with Crippen molar-refractivity contribution < 1.29 is 14.6 Å². The Morgan fingerprint density at radius 2 is 1.96 bits per heavy atom. The molecule has 0 spiro atoms. The Labute approximate surface area is 136 Å². The van der Waals surface area contributed by atoms with E-state index in [-0.39, 0.29) is 6.61 Å². The van der Waals surface area contributed by atoms with Gasteiger partial charge in [0.15, 0.2) is 11.5 Å². The molecule has 23 heavy (non-hydrogen) atoms. The minimum Gasteiger partial charge on any atom is -0.486 e. The number of nitrogens with one attached hydrogen (secondary N) is 1. The van der Waals surface area contributed by atoms with Gasteiger partial charge in [-0.15, -0.1) is 0 Å². The summed E-state index contributed by atoms with van der Waals surface area (Å²) in [7, 11) is 0. The smallest absolute Gasteiger partial charge is 0.161 e. The van der Waals surface area contributed by atoms with Crippen molar-refractivity contribution in [2.24, 2.45) is 0 Å². The number of hydrogen-bond acceptors (Lipinski definition) is 5. The topological polar surface area (TPSA) is 68.5 Å². The molecule has 0 radical (unpaired) electrons. The van der Waals surface area contributed by atoms with Crippen LogP contribution >= 0.6 is 0 Å². The fourth-order valence-corrected chi connectivity index (χ4v) is 2.83. The molecule has 6 nitrogen and oxygen atoms in total. The lowest BCUT2D eigenvalue weighted by Crippen LogP contribution is -2.17. The van der Waals surface area contributed by atoms with E-state index in [1.165, 1.54) is 5.56 Å². The summed E-state index contributed by atoms with van der Waals surface area (Å²) in [5.74, 6) is 1.63. The van der Waals surface area contributed by atoms with Gasteiger partial charge in [-0.3, -0.25) is 4.68 Å². The maximum atomic E-state index is 9.07. The molecule has 0 saturated carbocycles. The van der Waals surface area contributed by atoms with E-state index in [1.807, 2.05) is 30.7 Å². The van der Waals surface area contributed by atoms with Crippen molar-refractivity contribution in [3.05, 3.63) is 40.7 Å². The summed E-state index contributed by atoms with van der Waals surface area (Å²) in [6, 6.07) is 6.03. The maximum absolute atomic E-state index is 9.07. The molecule has 1 aromatic carbocycles. The highest BCUT2D eigenvalue weighted by atomic mass is 16.6. The zero-order valence-corrected chi connectivity index (χ0v) is 13.6. The zero-order valence-electron chi connectivity index (χ0n) is 13.6. The van der Waals surface area contributed by atoms with Crippen LogP contribution in [-0.4, -0.2) is 34.7 Å². The van der Waals surface area contributed by atoms with E-state index in [4.69, 9.17) is 14.6 Å². The molecule has 124 valence electrons. The Morgan fingerprint density at radius 1 is 1.17 bits per heavy atom. The normalized spacial score (nSPS) is 13.3. The first-order valence-corrected chi connectivity index (χ1v) is 7.92. The van der Waals surface area contributed by atoms with Crippen LogP contribution in [0.15, 0.2) is 18.2 Å². The molecule has 0 aliphatic carbocycles. The number of benzene rings is 1. The highest BCUT2D eigenvalue weighted by molar-refractivity contribution is 5.43. The highest BCUT2D eigenvalue weighted by Crippen LogP contribution is 2.30. The quantitative estimate of drug-likeness (QED) is 0.846. The van der Waals surface area contributed by atoms with Gasteiger partial charge in [0, 0.05) is 24.3 Å². The van der Waals surface area contributed by atoms with E-state index < -0.39 is 0 Å². The van der Waals surface area contributed by atoms with Gasteiger partial charge in [0.1, 0.15) is 13.2 Å². The van der Waals surface area contributed by atoms with Crippen LogP contribution in [0.25, 0.3) is 0 Å². The van der Waals surface area contributed by atoms with Gasteiger partial charge < -0.3 is 19.9 Å². The van der Waals surface area contributed by atoms with E-state index in [0.717, 1.165) is 41.5 Å². The Kier molecular flexibility index (Phi) is 4.83. The van der Waals surface area contributed by atoms with Crippen molar-refractivity contribution in [1.29, 1.82) is 0 Å². The maximum Gasteiger partial charge on any atom is 0.161 e. The third kappa shape index (κ3) is 3.48. The summed E-state index contributed by atoms with van der Waals surface area (Å²) in [4.78, 5) is 0. The molecule has 1 aromatic heterocycles. The Bertz CT molecular complexity index is 682. The van der Waals surface area contributed by atoms with E-state index in [9.17, 15) is 0 Å². The van der Waals surface area contributed by atoms with E-state index in [0.29, 0.717) is 19.8 Å². The van der Waals surface area contributed by atoms with Crippen LogP contribution < -0.4 is 14.8 Å². The molecule has 0 unspecified atom stereocenters. The molecule has 1 aliphatic heterocycles. The van der Waals surface area contributed by atoms with Crippen molar-refractivity contribution >= 4 is 0 Å². The fraction of sp³-hybridized carbons (Fsp3) is 0.471. The summed E-state index contributed by atoms with van der Waals surface area (Å²) in [6.07, 6.45) is 0. The molecule has 2 aromatic rings. The second kappa shape index (κ2) is 7.02. The minimum atomic E-state index is 0.103. The lowest BCUT2D eigenvalue weighted by molar-refractivity contribution is 0.171. The van der Waals surface area contributed by atoms with Gasteiger partial charge in [-0.05, 0) is 31.5 Å². The van der Waals surface area contributed by atoms with Gasteiger partial charge in [-0.25, -0.2) is 0 Å². The molecule has 0 amide bonds. The van der Waals surface area contributed by atoms with Gasteiger partial charge in [-0.2, -0.15) is 5.10 Å². The lowest BCUT2D eigenvalue weighted by atomic mass is 10.1. The number of ether oxygens (including phenoxy) is 2. The second-order valence-electron chi connectivity index (χ2n) is 5.68. The van der Waals surface area contributed by atoms with Crippen molar-refractivity contribution in [1.82, 2.24) is 15.1 Å². The zero-order chi connectivity index (χ0) is 16.2. The molecule has 6 heteroatoms. The highest BCUT2D eigenvalue weighted by Gasteiger charge is 2.13. The number of aliphatic hydroxyl groups excluding tert-OH is 1. The fourth-order valence-electron chi connectivity index (χ4n) is 2.83. The second-order valence-corrected chi connectivity index (χ2v) is 5.68. The number of hydrogen-bond donors (Lipinski definition) is 2. The third-order valence-electron chi connectivity index (χ3n) is 4.08. The predicted octanol–water partition coefficient (Wildman–Crippen LogP) is 1.55. The van der Waals surface area contributed by atoms with E-state index in [2.05, 4.69) is 16.5 Å². The van der Waals surface area contributed by atoms with Crippen LogP contribution in [0.4, 0.5) is 0 Å². The first-order chi connectivity index (χ1) is 11.2. The SMILES string of the molecule is Cc1nn(CCO)c(C)c1CNCc1ccc2c(c1)OCCO2. The minimum absolute atomic E-state index is 0.103. The van der Waals surface area contributed by atoms with Gasteiger partial charge in [0.05, 0.1) is 18.8 Å². The Morgan fingerprint density at radius 3 is 2.74 bits per heavy atom. The van der Waals surface area contributed by atoms with Crippen LogP contribution in [0.3, 0.4) is 0 Å². The molecule has 0 bridgehead atoms. The molecule has 3 rings (SSSR count). The van der Waals surface area contributed by atoms with Crippen LogP contribution in [0.2, 0.25) is 0 Å². The molecule has 0 fully saturated rings. The van der Waals surface area contributed by atoms with Crippen molar-refractivity contribution in [3.8, 4) is 11.5 Å². The molecule has 2 N–H and O–H groups in total. The van der Waals surface area contributed by atoms with Crippen LogP contribution in [0.1, 0.15) is 22.5 Å². The molecular formula is C17H23N3O3. The predicted molar refractivity (Wildman–Crippen MR) is 86.8 cm³/mol. The summed E-state index contributed by atoms with van der Waals surface area (Å²) >= 11 is 0. The van der Waals surface area contributed by atoms with Gasteiger partial charge in [0.2, 0.25) is 0 Å². The van der Waals surface area contributed by atoms with Gasteiger partial charge in [0.25, 0.3) is 0 Å². The largest absolute Gasteiger partial charge is 0.486 e. The third-order valence-corrected chi connectivity index (χ3v) is 4.08. The van der Waals surface area contributed by atoms with Gasteiger partial charge >= 0.3 is 0 Å². The standard InChI is InChI=1S/C17H23N3O3/c1-12-15(13(2)20(19-12)5-6-21)11-18-10-14-3-4-16-17(9-14)23-8-7-22-16/h3-4,9,18,21H,5-8,10-11H2,1-2H3. The van der Waals surface area contributed by atoms with Crippen molar-refractivity contribution in [2.45, 2.75) is 33.5 Å². The Hall–Kier alpha value is -2.05. The molecule has 1 aliphatic rings. The lowest BCUT2D eigenvalue weighted by Gasteiger charge is -2.19. The first kappa shape index (κ1) is 15.8. The van der Waals surface area contributed by atoms with E-state index in [1.54, 1.807) is 0 Å². The molecule has 0 atom stereocenters. The van der Waals surface area contributed by atoms with Crippen LogP contribution in [-0.2, 0) is 19.6 Å².